The molecular weight excluding hydrogens is 326 g/mol. The van der Waals surface area contributed by atoms with Crippen LogP contribution in [0.3, 0.4) is 0 Å². The summed E-state index contributed by atoms with van der Waals surface area (Å²) in [5.74, 6) is 0.663. The number of hydrogen-bond acceptors (Lipinski definition) is 3. The van der Waals surface area contributed by atoms with Gasteiger partial charge in [0.1, 0.15) is 0 Å². The molecule has 0 saturated carbocycles. The standard InChI is InChI=1S/C21H35N3O2/c1-5-9-21(10-6-2)11-7-13-24(21)19(25)16-18-20(26)22-12-15-23(18)14-8-17(3)4/h5-6,17-18H,1-2,7-16H2,3-4H3,(H,22,26)/t18-/m0/s1. The fourth-order valence-corrected chi connectivity index (χ4v) is 4.32. The van der Waals surface area contributed by atoms with Crippen LogP contribution in [0, 0.1) is 5.92 Å². The fraction of sp³-hybridized carbons (Fsp3) is 0.714. The zero-order chi connectivity index (χ0) is 19.2. The highest BCUT2D eigenvalue weighted by Crippen LogP contribution is 2.37. The molecule has 26 heavy (non-hydrogen) atoms. The molecule has 2 aliphatic heterocycles. The van der Waals surface area contributed by atoms with Crippen LogP contribution in [0.25, 0.3) is 0 Å². The van der Waals surface area contributed by atoms with Crippen LogP contribution in [0.15, 0.2) is 25.3 Å². The summed E-state index contributed by atoms with van der Waals surface area (Å²) in [6.45, 7) is 15.3. The van der Waals surface area contributed by atoms with Gasteiger partial charge in [0.15, 0.2) is 0 Å². The zero-order valence-corrected chi connectivity index (χ0v) is 16.5. The van der Waals surface area contributed by atoms with Gasteiger partial charge in [-0.3, -0.25) is 14.5 Å². The van der Waals surface area contributed by atoms with Crippen LogP contribution in [0.4, 0.5) is 0 Å². The van der Waals surface area contributed by atoms with Crippen molar-refractivity contribution in [2.45, 2.75) is 64.0 Å². The minimum absolute atomic E-state index is 0.00871. The first kappa shape index (κ1) is 20.7. The first-order valence-corrected chi connectivity index (χ1v) is 9.97. The number of nitrogens with zero attached hydrogens (tertiary/aromatic N) is 2. The smallest absolute Gasteiger partial charge is 0.237 e. The molecule has 5 heteroatoms. The lowest BCUT2D eigenvalue weighted by atomic mass is 9.87. The molecule has 5 nitrogen and oxygen atoms in total. The van der Waals surface area contributed by atoms with E-state index in [1.165, 1.54) is 0 Å². The van der Waals surface area contributed by atoms with Crippen LogP contribution in [-0.2, 0) is 9.59 Å². The predicted octanol–water partition coefficient (Wildman–Crippen LogP) is 2.74. The van der Waals surface area contributed by atoms with E-state index in [2.05, 4.69) is 37.2 Å². The first-order chi connectivity index (χ1) is 12.4. The van der Waals surface area contributed by atoms with Crippen molar-refractivity contribution in [3.63, 3.8) is 0 Å². The lowest BCUT2D eigenvalue weighted by Gasteiger charge is -2.40. The van der Waals surface area contributed by atoms with E-state index in [1.54, 1.807) is 0 Å². The molecule has 0 aromatic rings. The Morgan fingerprint density at radius 2 is 2.00 bits per heavy atom. The van der Waals surface area contributed by atoms with E-state index in [4.69, 9.17) is 0 Å². The molecule has 2 aliphatic rings. The number of carbonyl (C=O) groups excluding carboxylic acids is 2. The number of likely N-dealkylation sites (tertiary alicyclic amines) is 1. The predicted molar refractivity (Wildman–Crippen MR) is 106 cm³/mol. The van der Waals surface area contributed by atoms with Crippen LogP contribution >= 0.6 is 0 Å². The van der Waals surface area contributed by atoms with Crippen molar-refractivity contribution in [2.24, 2.45) is 5.92 Å². The second kappa shape index (κ2) is 9.36. The second-order valence-electron chi connectivity index (χ2n) is 8.09. The summed E-state index contributed by atoms with van der Waals surface area (Å²) in [4.78, 5) is 29.8. The molecule has 2 saturated heterocycles. The summed E-state index contributed by atoms with van der Waals surface area (Å²) < 4.78 is 0. The van der Waals surface area contributed by atoms with Crippen molar-refractivity contribution in [2.75, 3.05) is 26.2 Å². The Morgan fingerprint density at radius 3 is 2.62 bits per heavy atom. The van der Waals surface area contributed by atoms with E-state index in [0.717, 1.165) is 51.7 Å². The van der Waals surface area contributed by atoms with E-state index in [1.807, 2.05) is 17.1 Å². The largest absolute Gasteiger partial charge is 0.353 e. The highest BCUT2D eigenvalue weighted by atomic mass is 16.2. The molecule has 1 atom stereocenters. The number of piperazine rings is 1. The zero-order valence-electron chi connectivity index (χ0n) is 16.5. The number of amides is 2. The summed E-state index contributed by atoms with van der Waals surface area (Å²) in [5, 5.41) is 2.93. The maximum Gasteiger partial charge on any atom is 0.237 e. The minimum Gasteiger partial charge on any atom is -0.353 e. The van der Waals surface area contributed by atoms with Crippen molar-refractivity contribution in [1.29, 1.82) is 0 Å². The Hall–Kier alpha value is -1.62. The SMILES string of the molecule is C=CCC1(CC=C)CCCN1C(=O)C[C@H]1C(=O)NCCN1CCC(C)C. The van der Waals surface area contributed by atoms with Gasteiger partial charge in [-0.25, -0.2) is 0 Å². The molecule has 146 valence electrons. The molecule has 2 fully saturated rings. The van der Waals surface area contributed by atoms with Gasteiger partial charge in [0.05, 0.1) is 12.5 Å². The Balaban J connectivity index is 2.10. The van der Waals surface area contributed by atoms with Crippen molar-refractivity contribution in [3.8, 4) is 0 Å². The van der Waals surface area contributed by atoms with Crippen LogP contribution in [0.5, 0.6) is 0 Å². The Bertz CT molecular complexity index is 519. The van der Waals surface area contributed by atoms with E-state index in [0.29, 0.717) is 12.5 Å². The molecule has 2 amide bonds. The van der Waals surface area contributed by atoms with Gasteiger partial charge in [-0.2, -0.15) is 0 Å². The van der Waals surface area contributed by atoms with E-state index >= 15 is 0 Å². The van der Waals surface area contributed by atoms with Gasteiger partial charge in [-0.1, -0.05) is 26.0 Å². The molecule has 0 aromatic carbocycles. The first-order valence-electron chi connectivity index (χ1n) is 9.97. The maximum atomic E-state index is 13.2. The van der Waals surface area contributed by atoms with E-state index in [9.17, 15) is 9.59 Å². The molecule has 0 spiro atoms. The van der Waals surface area contributed by atoms with Crippen molar-refractivity contribution < 1.29 is 9.59 Å². The van der Waals surface area contributed by atoms with Gasteiger partial charge in [0.2, 0.25) is 11.8 Å². The molecule has 0 aromatic heterocycles. The Morgan fingerprint density at radius 1 is 1.31 bits per heavy atom. The third-order valence-corrected chi connectivity index (χ3v) is 5.75. The summed E-state index contributed by atoms with van der Waals surface area (Å²) in [5.41, 5.74) is -0.200. The normalized spacial score (nSPS) is 23.1. The average Bonchev–Trinajstić information content (AvgIpc) is 2.99. The molecule has 2 heterocycles. The molecule has 0 radical (unpaired) electrons. The molecular formula is C21H35N3O2. The van der Waals surface area contributed by atoms with Gasteiger partial charge >= 0.3 is 0 Å². The topological polar surface area (TPSA) is 52.7 Å². The van der Waals surface area contributed by atoms with Gasteiger partial charge in [-0.05, 0) is 44.6 Å². The summed E-state index contributed by atoms with van der Waals surface area (Å²) in [7, 11) is 0. The number of rotatable bonds is 9. The van der Waals surface area contributed by atoms with Crippen LogP contribution < -0.4 is 5.32 Å². The molecule has 1 N–H and O–H groups in total. The van der Waals surface area contributed by atoms with E-state index < -0.39 is 0 Å². The van der Waals surface area contributed by atoms with Crippen LogP contribution in [-0.4, -0.2) is 59.4 Å². The highest BCUT2D eigenvalue weighted by Gasteiger charge is 2.43. The van der Waals surface area contributed by atoms with Crippen molar-refractivity contribution in [3.05, 3.63) is 25.3 Å². The molecule has 2 rings (SSSR count). The fourth-order valence-electron chi connectivity index (χ4n) is 4.32. The van der Waals surface area contributed by atoms with E-state index in [-0.39, 0.29) is 29.8 Å². The van der Waals surface area contributed by atoms with Gasteiger partial charge in [-0.15, -0.1) is 13.2 Å². The number of hydrogen-bond donors (Lipinski definition) is 1. The maximum absolute atomic E-state index is 13.2. The second-order valence-corrected chi connectivity index (χ2v) is 8.09. The summed E-state index contributed by atoms with van der Waals surface area (Å²) in [6.07, 6.45) is 8.64. The van der Waals surface area contributed by atoms with Crippen molar-refractivity contribution >= 4 is 11.8 Å². The quantitative estimate of drug-likeness (QED) is 0.643. The third kappa shape index (κ3) is 4.76. The van der Waals surface area contributed by atoms with Crippen LogP contribution in [0.2, 0.25) is 0 Å². The van der Waals surface area contributed by atoms with Gasteiger partial charge in [0, 0.05) is 25.2 Å². The van der Waals surface area contributed by atoms with Crippen molar-refractivity contribution in [1.82, 2.24) is 15.1 Å². The lowest BCUT2D eigenvalue weighted by Crippen LogP contribution is -2.58. The minimum atomic E-state index is -0.347. The van der Waals surface area contributed by atoms with Gasteiger partial charge in [0.25, 0.3) is 0 Å². The lowest BCUT2D eigenvalue weighted by molar-refractivity contribution is -0.141. The molecule has 0 bridgehead atoms. The molecule has 0 unspecified atom stereocenters. The van der Waals surface area contributed by atoms with Crippen LogP contribution in [0.1, 0.15) is 52.4 Å². The number of carbonyl (C=O) groups is 2. The third-order valence-electron chi connectivity index (χ3n) is 5.75. The Labute approximate surface area is 158 Å². The molecule has 0 aliphatic carbocycles. The highest BCUT2D eigenvalue weighted by molar-refractivity contribution is 5.89. The Kier molecular flexibility index (Phi) is 7.44. The summed E-state index contributed by atoms with van der Waals surface area (Å²) in [6, 6.07) is -0.347. The summed E-state index contributed by atoms with van der Waals surface area (Å²) >= 11 is 0. The average molecular weight is 362 g/mol. The van der Waals surface area contributed by atoms with Gasteiger partial charge < -0.3 is 10.2 Å². The number of nitrogens with one attached hydrogen (secondary N) is 1. The monoisotopic (exact) mass is 361 g/mol.